The average Bonchev–Trinajstić information content (AvgIpc) is 2.45. The summed E-state index contributed by atoms with van der Waals surface area (Å²) in [5.41, 5.74) is 1.35. The number of hydrogen-bond donors (Lipinski definition) is 1. The van der Waals surface area contributed by atoms with Crippen LogP contribution in [0.15, 0.2) is 12.4 Å². The topological polar surface area (TPSA) is 41.0 Å². The fourth-order valence-electron chi connectivity index (χ4n) is 2.67. The van der Waals surface area contributed by atoms with Gasteiger partial charge in [-0.3, -0.25) is 0 Å². The molecule has 1 saturated heterocycles. The summed E-state index contributed by atoms with van der Waals surface area (Å²) in [6, 6.07) is 2.15. The maximum absolute atomic E-state index is 4.45. The van der Waals surface area contributed by atoms with Gasteiger partial charge in [0, 0.05) is 30.4 Å². The lowest BCUT2D eigenvalue weighted by molar-refractivity contribution is 0.328. The number of nitrogens with zero attached hydrogens (tertiary/aromatic N) is 3. The molecule has 118 valence electrons. The summed E-state index contributed by atoms with van der Waals surface area (Å²) >= 11 is 0. The zero-order valence-corrected chi connectivity index (χ0v) is 14.2. The van der Waals surface area contributed by atoms with Crippen LogP contribution in [0.5, 0.6) is 0 Å². The number of nitrogens with one attached hydrogen (secondary N) is 1. The standard InChI is InChI=1S/C17H30N4/c1-13(2)15-10-16(19-12-18-15)21-8-6-14(7-9-21)11-20-17(3,4)5/h10,12-14,20H,6-9,11H2,1-5H3. The Hall–Kier alpha value is -1.16. The van der Waals surface area contributed by atoms with Crippen LogP contribution >= 0.6 is 0 Å². The van der Waals surface area contributed by atoms with Gasteiger partial charge in [0.15, 0.2) is 0 Å². The number of piperidine rings is 1. The Morgan fingerprint density at radius 3 is 2.48 bits per heavy atom. The summed E-state index contributed by atoms with van der Waals surface area (Å²) in [5.74, 6) is 2.34. The molecule has 21 heavy (non-hydrogen) atoms. The molecule has 1 aromatic heterocycles. The highest BCUT2D eigenvalue weighted by Gasteiger charge is 2.22. The molecule has 0 unspecified atom stereocenters. The lowest BCUT2D eigenvalue weighted by Gasteiger charge is -2.34. The first-order chi connectivity index (χ1) is 9.85. The van der Waals surface area contributed by atoms with Crippen LogP contribution in [-0.2, 0) is 0 Å². The maximum atomic E-state index is 4.45. The third-order valence-electron chi connectivity index (χ3n) is 4.12. The molecule has 0 radical (unpaired) electrons. The van der Waals surface area contributed by atoms with Crippen LogP contribution < -0.4 is 10.2 Å². The largest absolute Gasteiger partial charge is 0.356 e. The van der Waals surface area contributed by atoms with Crippen molar-refractivity contribution in [3.05, 3.63) is 18.1 Å². The highest BCUT2D eigenvalue weighted by molar-refractivity contribution is 5.39. The maximum Gasteiger partial charge on any atom is 0.132 e. The molecule has 1 N–H and O–H groups in total. The highest BCUT2D eigenvalue weighted by atomic mass is 15.2. The molecule has 1 fully saturated rings. The molecule has 0 saturated carbocycles. The molecule has 1 aliphatic heterocycles. The minimum Gasteiger partial charge on any atom is -0.356 e. The fourth-order valence-corrected chi connectivity index (χ4v) is 2.67. The van der Waals surface area contributed by atoms with Gasteiger partial charge in [-0.15, -0.1) is 0 Å². The molecule has 0 aliphatic carbocycles. The second kappa shape index (κ2) is 6.73. The van der Waals surface area contributed by atoms with E-state index in [9.17, 15) is 0 Å². The Morgan fingerprint density at radius 1 is 1.24 bits per heavy atom. The number of aromatic nitrogens is 2. The molecule has 4 nitrogen and oxygen atoms in total. The Kier molecular flexibility index (Phi) is 5.20. The van der Waals surface area contributed by atoms with Crippen LogP contribution in [0.25, 0.3) is 0 Å². The molecule has 1 aliphatic rings. The molecular formula is C17H30N4. The van der Waals surface area contributed by atoms with E-state index in [-0.39, 0.29) is 5.54 Å². The van der Waals surface area contributed by atoms with Crippen molar-refractivity contribution >= 4 is 5.82 Å². The predicted molar refractivity (Wildman–Crippen MR) is 88.8 cm³/mol. The number of anilines is 1. The van der Waals surface area contributed by atoms with E-state index in [0.29, 0.717) is 5.92 Å². The van der Waals surface area contributed by atoms with Gasteiger partial charge in [0.05, 0.1) is 0 Å². The number of rotatable bonds is 4. The van der Waals surface area contributed by atoms with Crippen LogP contribution in [-0.4, -0.2) is 35.1 Å². The van der Waals surface area contributed by atoms with Crippen LogP contribution in [0.4, 0.5) is 5.82 Å². The first kappa shape index (κ1) is 16.2. The second-order valence-corrected chi connectivity index (χ2v) is 7.52. The summed E-state index contributed by atoms with van der Waals surface area (Å²) in [7, 11) is 0. The van der Waals surface area contributed by atoms with Crippen molar-refractivity contribution in [1.29, 1.82) is 0 Å². The molecule has 0 amide bonds. The van der Waals surface area contributed by atoms with E-state index in [1.807, 2.05) is 0 Å². The lowest BCUT2D eigenvalue weighted by Crippen LogP contribution is -2.43. The van der Waals surface area contributed by atoms with Crippen molar-refractivity contribution in [3.63, 3.8) is 0 Å². The van der Waals surface area contributed by atoms with E-state index in [1.165, 1.54) is 12.8 Å². The van der Waals surface area contributed by atoms with Gasteiger partial charge in [-0.25, -0.2) is 9.97 Å². The van der Waals surface area contributed by atoms with Gasteiger partial charge in [0.2, 0.25) is 0 Å². The third-order valence-corrected chi connectivity index (χ3v) is 4.12. The molecule has 0 aromatic carbocycles. The lowest BCUT2D eigenvalue weighted by atomic mass is 9.95. The van der Waals surface area contributed by atoms with Gasteiger partial charge in [-0.05, 0) is 52.0 Å². The summed E-state index contributed by atoms with van der Waals surface area (Å²) in [6.45, 7) is 14.4. The van der Waals surface area contributed by atoms with Crippen molar-refractivity contribution in [2.45, 2.75) is 58.9 Å². The van der Waals surface area contributed by atoms with Crippen LogP contribution in [0.3, 0.4) is 0 Å². The van der Waals surface area contributed by atoms with Crippen molar-refractivity contribution in [3.8, 4) is 0 Å². The first-order valence-electron chi connectivity index (χ1n) is 8.17. The van der Waals surface area contributed by atoms with Crippen molar-refractivity contribution < 1.29 is 0 Å². The van der Waals surface area contributed by atoms with E-state index in [1.54, 1.807) is 6.33 Å². The predicted octanol–water partition coefficient (Wildman–Crippen LogP) is 3.20. The molecule has 0 atom stereocenters. The fraction of sp³-hybridized carbons (Fsp3) is 0.765. The second-order valence-electron chi connectivity index (χ2n) is 7.52. The van der Waals surface area contributed by atoms with Gasteiger partial charge in [0.1, 0.15) is 12.1 Å². The SMILES string of the molecule is CC(C)c1cc(N2CCC(CNC(C)(C)C)CC2)ncn1. The monoisotopic (exact) mass is 290 g/mol. The van der Waals surface area contributed by atoms with E-state index >= 15 is 0 Å². The minimum atomic E-state index is 0.218. The summed E-state index contributed by atoms with van der Waals surface area (Å²) in [6.07, 6.45) is 4.19. The van der Waals surface area contributed by atoms with Crippen LogP contribution in [0.2, 0.25) is 0 Å². The summed E-state index contributed by atoms with van der Waals surface area (Å²) < 4.78 is 0. The van der Waals surface area contributed by atoms with Crippen LogP contribution in [0.1, 0.15) is 59.1 Å². The highest BCUT2D eigenvalue weighted by Crippen LogP contribution is 2.23. The van der Waals surface area contributed by atoms with Crippen LogP contribution in [0, 0.1) is 5.92 Å². The smallest absolute Gasteiger partial charge is 0.132 e. The van der Waals surface area contributed by atoms with E-state index in [4.69, 9.17) is 0 Å². The summed E-state index contributed by atoms with van der Waals surface area (Å²) in [4.78, 5) is 11.2. The zero-order chi connectivity index (χ0) is 15.5. The quantitative estimate of drug-likeness (QED) is 0.924. The molecule has 2 heterocycles. The molecule has 4 heteroatoms. The van der Waals surface area contributed by atoms with E-state index in [2.05, 4.69) is 60.9 Å². The Balaban J connectivity index is 1.87. The Morgan fingerprint density at radius 2 is 1.90 bits per heavy atom. The molecule has 0 bridgehead atoms. The molecule has 1 aromatic rings. The third kappa shape index (κ3) is 4.95. The van der Waals surface area contributed by atoms with Gasteiger partial charge in [-0.2, -0.15) is 0 Å². The van der Waals surface area contributed by atoms with Gasteiger partial charge in [-0.1, -0.05) is 13.8 Å². The van der Waals surface area contributed by atoms with E-state index in [0.717, 1.165) is 37.1 Å². The first-order valence-corrected chi connectivity index (χ1v) is 8.17. The Bertz CT molecular complexity index is 442. The summed E-state index contributed by atoms with van der Waals surface area (Å²) in [5, 5.41) is 3.63. The molecule has 2 rings (SSSR count). The average molecular weight is 290 g/mol. The van der Waals surface area contributed by atoms with Crippen molar-refractivity contribution in [2.24, 2.45) is 5.92 Å². The van der Waals surface area contributed by atoms with Gasteiger partial charge >= 0.3 is 0 Å². The molecule has 0 spiro atoms. The normalized spacial score (nSPS) is 17.5. The Labute approximate surface area is 129 Å². The van der Waals surface area contributed by atoms with Gasteiger partial charge in [0.25, 0.3) is 0 Å². The molecular weight excluding hydrogens is 260 g/mol. The number of hydrogen-bond acceptors (Lipinski definition) is 4. The van der Waals surface area contributed by atoms with Gasteiger partial charge < -0.3 is 10.2 Å². The zero-order valence-electron chi connectivity index (χ0n) is 14.2. The minimum absolute atomic E-state index is 0.218. The van der Waals surface area contributed by atoms with Crippen molar-refractivity contribution in [2.75, 3.05) is 24.5 Å². The van der Waals surface area contributed by atoms with E-state index < -0.39 is 0 Å². The van der Waals surface area contributed by atoms with Crippen molar-refractivity contribution in [1.82, 2.24) is 15.3 Å².